The predicted molar refractivity (Wildman–Crippen MR) is 71.1 cm³/mol. The normalized spacial score (nSPS) is 24.8. The zero-order chi connectivity index (χ0) is 12.1. The van der Waals surface area contributed by atoms with Crippen molar-refractivity contribution in [3.05, 3.63) is 34.9 Å². The van der Waals surface area contributed by atoms with Crippen LogP contribution in [0.5, 0.6) is 0 Å². The molecule has 1 aromatic rings. The highest BCUT2D eigenvalue weighted by Crippen LogP contribution is 2.24. The first-order chi connectivity index (χ1) is 8.31. The molecule has 0 heterocycles. The first kappa shape index (κ1) is 12.9. The van der Waals surface area contributed by atoms with E-state index >= 15 is 0 Å². The average molecular weight is 254 g/mol. The molecule has 1 fully saturated rings. The molecule has 0 radical (unpaired) electrons. The van der Waals surface area contributed by atoms with Gasteiger partial charge in [-0.3, -0.25) is 0 Å². The molecule has 2 atom stereocenters. The van der Waals surface area contributed by atoms with Gasteiger partial charge in [-0.25, -0.2) is 0 Å². The molecule has 1 aromatic carbocycles. The Bertz CT molecular complexity index is 356. The maximum Gasteiger partial charge on any atom is 0.0474 e. The fourth-order valence-electron chi connectivity index (χ4n) is 2.58. The number of hydrogen-bond donors (Lipinski definition) is 2. The molecule has 1 aliphatic rings. The largest absolute Gasteiger partial charge is 0.396 e. The van der Waals surface area contributed by atoms with Gasteiger partial charge in [-0.2, -0.15) is 0 Å². The minimum atomic E-state index is 0.292. The summed E-state index contributed by atoms with van der Waals surface area (Å²) >= 11 is 6.12. The number of rotatable bonds is 4. The quantitative estimate of drug-likeness (QED) is 0.865. The third-order valence-electron chi connectivity index (χ3n) is 3.66. The molecule has 2 unspecified atom stereocenters. The summed E-state index contributed by atoms with van der Waals surface area (Å²) in [7, 11) is 0. The molecule has 2 N–H and O–H groups in total. The second-order valence-corrected chi connectivity index (χ2v) is 5.21. The first-order valence-electron chi connectivity index (χ1n) is 6.39. The molecule has 2 rings (SSSR count). The van der Waals surface area contributed by atoms with E-state index < -0.39 is 0 Å². The smallest absolute Gasteiger partial charge is 0.0474 e. The van der Waals surface area contributed by atoms with E-state index in [0.29, 0.717) is 18.6 Å². The predicted octanol–water partition coefficient (Wildman–Crippen LogP) is 2.98. The van der Waals surface area contributed by atoms with Crippen molar-refractivity contribution in [1.29, 1.82) is 0 Å². The maximum absolute atomic E-state index is 9.35. The Morgan fingerprint density at radius 2 is 2.00 bits per heavy atom. The Labute approximate surface area is 108 Å². The fourth-order valence-corrected chi connectivity index (χ4v) is 2.78. The Morgan fingerprint density at radius 3 is 2.76 bits per heavy atom. The van der Waals surface area contributed by atoms with Gasteiger partial charge in [0.15, 0.2) is 0 Å². The summed E-state index contributed by atoms with van der Waals surface area (Å²) < 4.78 is 0. The van der Waals surface area contributed by atoms with Crippen molar-refractivity contribution in [2.24, 2.45) is 5.92 Å². The van der Waals surface area contributed by atoms with Crippen LogP contribution in [0.4, 0.5) is 0 Å². The van der Waals surface area contributed by atoms with Crippen LogP contribution in [0.3, 0.4) is 0 Å². The summed E-state index contributed by atoms with van der Waals surface area (Å²) in [5, 5.41) is 13.7. The molecule has 0 amide bonds. The molecule has 0 saturated heterocycles. The van der Waals surface area contributed by atoms with Crippen molar-refractivity contribution in [2.45, 2.75) is 38.3 Å². The third kappa shape index (κ3) is 3.44. The van der Waals surface area contributed by atoms with Crippen LogP contribution in [0.15, 0.2) is 24.3 Å². The molecule has 2 nitrogen and oxygen atoms in total. The van der Waals surface area contributed by atoms with Gasteiger partial charge in [-0.15, -0.1) is 0 Å². The van der Waals surface area contributed by atoms with Gasteiger partial charge in [-0.05, 0) is 30.4 Å². The molecule has 94 valence electrons. The van der Waals surface area contributed by atoms with Crippen molar-refractivity contribution in [3.63, 3.8) is 0 Å². The Morgan fingerprint density at radius 1 is 1.24 bits per heavy atom. The van der Waals surface area contributed by atoms with Gasteiger partial charge in [0, 0.05) is 24.2 Å². The lowest BCUT2D eigenvalue weighted by Crippen LogP contribution is -2.39. The minimum absolute atomic E-state index is 0.292. The van der Waals surface area contributed by atoms with Crippen molar-refractivity contribution in [3.8, 4) is 0 Å². The summed E-state index contributed by atoms with van der Waals surface area (Å²) in [6.07, 6.45) is 4.80. The number of nitrogens with one attached hydrogen (secondary N) is 1. The molecule has 0 spiro atoms. The Hall–Kier alpha value is -0.570. The lowest BCUT2D eigenvalue weighted by molar-refractivity contribution is 0.152. The van der Waals surface area contributed by atoms with E-state index in [1.807, 2.05) is 24.3 Å². The van der Waals surface area contributed by atoms with Crippen LogP contribution >= 0.6 is 11.6 Å². The third-order valence-corrected chi connectivity index (χ3v) is 4.02. The van der Waals surface area contributed by atoms with E-state index in [9.17, 15) is 5.11 Å². The number of benzene rings is 1. The van der Waals surface area contributed by atoms with Crippen LogP contribution in [-0.2, 0) is 6.54 Å². The van der Waals surface area contributed by atoms with Gasteiger partial charge in [0.2, 0.25) is 0 Å². The van der Waals surface area contributed by atoms with Crippen LogP contribution < -0.4 is 5.32 Å². The van der Waals surface area contributed by atoms with E-state index in [4.69, 9.17) is 11.6 Å². The molecule has 0 aliphatic heterocycles. The van der Waals surface area contributed by atoms with Gasteiger partial charge < -0.3 is 10.4 Å². The fraction of sp³-hybridized carbons (Fsp3) is 0.571. The van der Waals surface area contributed by atoms with Crippen molar-refractivity contribution >= 4 is 11.6 Å². The van der Waals surface area contributed by atoms with Gasteiger partial charge in [-0.1, -0.05) is 42.6 Å². The van der Waals surface area contributed by atoms with Gasteiger partial charge in [0.1, 0.15) is 0 Å². The molecule has 1 aliphatic carbocycles. The molecule has 17 heavy (non-hydrogen) atoms. The molecule has 0 bridgehead atoms. The first-order valence-corrected chi connectivity index (χ1v) is 6.76. The summed E-state index contributed by atoms with van der Waals surface area (Å²) in [4.78, 5) is 0. The van der Waals surface area contributed by atoms with Gasteiger partial charge >= 0.3 is 0 Å². The number of halogens is 1. The van der Waals surface area contributed by atoms with E-state index in [0.717, 1.165) is 30.0 Å². The second kappa shape index (κ2) is 6.39. The number of aliphatic hydroxyl groups is 1. The number of aliphatic hydroxyl groups excluding tert-OH is 1. The van der Waals surface area contributed by atoms with Crippen LogP contribution in [0.2, 0.25) is 5.02 Å². The molecule has 1 saturated carbocycles. The lowest BCUT2D eigenvalue weighted by Gasteiger charge is -2.31. The van der Waals surface area contributed by atoms with E-state index in [2.05, 4.69) is 5.32 Å². The topological polar surface area (TPSA) is 32.3 Å². The highest BCUT2D eigenvalue weighted by molar-refractivity contribution is 6.31. The summed E-state index contributed by atoms with van der Waals surface area (Å²) in [5.41, 5.74) is 1.14. The maximum atomic E-state index is 9.35. The number of hydrogen-bond acceptors (Lipinski definition) is 2. The average Bonchev–Trinajstić information content (AvgIpc) is 2.38. The van der Waals surface area contributed by atoms with Crippen LogP contribution in [0.1, 0.15) is 31.2 Å². The van der Waals surface area contributed by atoms with Crippen molar-refractivity contribution < 1.29 is 5.11 Å². The summed E-state index contributed by atoms with van der Waals surface area (Å²) in [5.74, 6) is 0.409. The highest BCUT2D eigenvalue weighted by Gasteiger charge is 2.23. The van der Waals surface area contributed by atoms with E-state index in [1.165, 1.54) is 12.8 Å². The van der Waals surface area contributed by atoms with Crippen molar-refractivity contribution in [1.82, 2.24) is 5.32 Å². The zero-order valence-electron chi connectivity index (χ0n) is 10.0. The van der Waals surface area contributed by atoms with Gasteiger partial charge in [0.25, 0.3) is 0 Å². The lowest BCUT2D eigenvalue weighted by atomic mass is 9.85. The van der Waals surface area contributed by atoms with Crippen molar-refractivity contribution in [2.75, 3.05) is 6.61 Å². The van der Waals surface area contributed by atoms with E-state index in [-0.39, 0.29) is 0 Å². The zero-order valence-corrected chi connectivity index (χ0v) is 10.8. The standard InChI is InChI=1S/C14H20ClNO/c15-13-7-3-1-5-11(13)9-16-14-8-4-2-6-12(14)10-17/h1,3,5,7,12,14,16-17H,2,4,6,8-10H2. The highest BCUT2D eigenvalue weighted by atomic mass is 35.5. The molecular formula is C14H20ClNO. The SMILES string of the molecule is OCC1CCCCC1NCc1ccccc1Cl. The molecule has 0 aromatic heterocycles. The summed E-state index contributed by atoms with van der Waals surface area (Å²) in [6.45, 7) is 1.08. The minimum Gasteiger partial charge on any atom is -0.396 e. The second-order valence-electron chi connectivity index (χ2n) is 4.81. The van der Waals surface area contributed by atoms with Crippen LogP contribution in [0.25, 0.3) is 0 Å². The monoisotopic (exact) mass is 253 g/mol. The Balaban J connectivity index is 1.90. The molecular weight excluding hydrogens is 234 g/mol. The Kier molecular flexibility index (Phi) is 4.84. The van der Waals surface area contributed by atoms with Crippen LogP contribution in [0, 0.1) is 5.92 Å². The van der Waals surface area contributed by atoms with Gasteiger partial charge in [0.05, 0.1) is 0 Å². The summed E-state index contributed by atoms with van der Waals surface area (Å²) in [6, 6.07) is 8.36. The molecule has 3 heteroatoms. The van der Waals surface area contributed by atoms with E-state index in [1.54, 1.807) is 0 Å². The van der Waals surface area contributed by atoms with Crippen LogP contribution in [-0.4, -0.2) is 17.8 Å².